The van der Waals surface area contributed by atoms with E-state index in [1.165, 1.54) is 12.1 Å². The number of aromatic nitrogens is 1. The SMILES string of the molecule is Cl.NCCC(=O)NC1CCCc2nc(-c3ccc(F)cc3)sc21. The molecule has 1 atom stereocenters. The molecule has 0 bridgehead atoms. The van der Waals surface area contributed by atoms with Crippen molar-refractivity contribution < 1.29 is 9.18 Å². The summed E-state index contributed by atoms with van der Waals surface area (Å²) in [6, 6.07) is 6.38. The highest BCUT2D eigenvalue weighted by molar-refractivity contribution is 7.15. The summed E-state index contributed by atoms with van der Waals surface area (Å²) in [7, 11) is 0. The van der Waals surface area contributed by atoms with E-state index in [9.17, 15) is 9.18 Å². The van der Waals surface area contributed by atoms with Gasteiger partial charge >= 0.3 is 0 Å². The van der Waals surface area contributed by atoms with Gasteiger partial charge in [0.05, 0.1) is 16.6 Å². The third kappa shape index (κ3) is 4.07. The van der Waals surface area contributed by atoms with E-state index in [1.807, 2.05) is 0 Å². The second-order valence-electron chi connectivity index (χ2n) is 5.39. The number of nitrogens with one attached hydrogen (secondary N) is 1. The first-order valence-corrected chi connectivity index (χ1v) is 8.24. The van der Waals surface area contributed by atoms with Crippen LogP contribution in [-0.2, 0) is 11.2 Å². The molecule has 124 valence electrons. The van der Waals surface area contributed by atoms with Gasteiger partial charge in [-0.3, -0.25) is 4.79 Å². The van der Waals surface area contributed by atoms with Crippen LogP contribution in [0.4, 0.5) is 4.39 Å². The van der Waals surface area contributed by atoms with E-state index in [-0.39, 0.29) is 30.2 Å². The minimum atomic E-state index is -0.253. The van der Waals surface area contributed by atoms with Gasteiger partial charge in [-0.2, -0.15) is 0 Å². The van der Waals surface area contributed by atoms with Gasteiger partial charge in [0.15, 0.2) is 0 Å². The summed E-state index contributed by atoms with van der Waals surface area (Å²) in [6.45, 7) is 0.356. The molecular weight excluding hydrogens is 337 g/mol. The van der Waals surface area contributed by atoms with Crippen LogP contribution in [0.25, 0.3) is 10.6 Å². The van der Waals surface area contributed by atoms with E-state index < -0.39 is 0 Å². The lowest BCUT2D eigenvalue weighted by Gasteiger charge is -2.22. The summed E-state index contributed by atoms with van der Waals surface area (Å²) < 4.78 is 13.0. The number of nitrogens with zero attached hydrogens (tertiary/aromatic N) is 1. The van der Waals surface area contributed by atoms with Gasteiger partial charge in [0.1, 0.15) is 10.8 Å². The summed E-state index contributed by atoms with van der Waals surface area (Å²) >= 11 is 1.58. The molecule has 0 aliphatic heterocycles. The molecule has 4 nitrogen and oxygen atoms in total. The maximum Gasteiger partial charge on any atom is 0.221 e. The van der Waals surface area contributed by atoms with Gasteiger partial charge in [-0.05, 0) is 43.5 Å². The van der Waals surface area contributed by atoms with Crippen LogP contribution in [-0.4, -0.2) is 17.4 Å². The van der Waals surface area contributed by atoms with E-state index in [0.29, 0.717) is 13.0 Å². The van der Waals surface area contributed by atoms with Gasteiger partial charge in [0.25, 0.3) is 0 Å². The molecule has 0 radical (unpaired) electrons. The summed E-state index contributed by atoms with van der Waals surface area (Å²) in [6.07, 6.45) is 3.20. The quantitative estimate of drug-likeness (QED) is 0.884. The fraction of sp³-hybridized carbons (Fsp3) is 0.375. The fourth-order valence-electron chi connectivity index (χ4n) is 2.67. The van der Waals surface area contributed by atoms with Crippen molar-refractivity contribution in [2.24, 2.45) is 5.73 Å². The Hall–Kier alpha value is -1.50. The lowest BCUT2D eigenvalue weighted by Crippen LogP contribution is -2.31. The molecule has 1 aromatic heterocycles. The third-order valence-electron chi connectivity index (χ3n) is 3.75. The summed E-state index contributed by atoms with van der Waals surface area (Å²) in [5.41, 5.74) is 7.38. The average Bonchev–Trinajstić information content (AvgIpc) is 2.93. The molecule has 7 heteroatoms. The largest absolute Gasteiger partial charge is 0.348 e. The van der Waals surface area contributed by atoms with Crippen LogP contribution in [0.5, 0.6) is 0 Å². The smallest absolute Gasteiger partial charge is 0.221 e. The topological polar surface area (TPSA) is 68.0 Å². The number of hydrogen-bond donors (Lipinski definition) is 2. The standard InChI is InChI=1S/C16H18FN3OS.ClH/c17-11-6-4-10(5-7-11)16-20-13-3-1-2-12(15(13)22-16)19-14(21)8-9-18;/h4-7,12H,1-3,8-9,18H2,(H,19,21);1H. The van der Waals surface area contributed by atoms with Crippen molar-refractivity contribution in [3.63, 3.8) is 0 Å². The molecular formula is C16H19ClFN3OS. The first kappa shape index (κ1) is 17.8. The number of fused-ring (bicyclic) bond motifs is 1. The zero-order valence-corrected chi connectivity index (χ0v) is 14.2. The highest BCUT2D eigenvalue weighted by atomic mass is 35.5. The maximum absolute atomic E-state index is 13.0. The normalized spacial score (nSPS) is 16.3. The molecule has 3 N–H and O–H groups in total. The second kappa shape index (κ2) is 7.86. The molecule has 0 saturated heterocycles. The van der Waals surface area contributed by atoms with Crippen molar-refractivity contribution in [1.29, 1.82) is 0 Å². The number of thiazole rings is 1. The lowest BCUT2D eigenvalue weighted by atomic mass is 9.98. The van der Waals surface area contributed by atoms with Gasteiger partial charge in [0.2, 0.25) is 5.91 Å². The zero-order valence-electron chi connectivity index (χ0n) is 12.5. The number of carbonyl (C=O) groups is 1. The number of amides is 1. The number of rotatable bonds is 4. The molecule has 1 aliphatic rings. The zero-order chi connectivity index (χ0) is 15.5. The third-order valence-corrected chi connectivity index (χ3v) is 5.01. The fourth-order valence-corrected chi connectivity index (χ4v) is 3.87. The highest BCUT2D eigenvalue weighted by Crippen LogP contribution is 2.37. The number of hydrogen-bond acceptors (Lipinski definition) is 4. The van der Waals surface area contributed by atoms with Gasteiger partial charge in [-0.15, -0.1) is 23.7 Å². The van der Waals surface area contributed by atoms with E-state index in [4.69, 9.17) is 5.73 Å². The van der Waals surface area contributed by atoms with Crippen molar-refractivity contribution in [2.75, 3.05) is 6.54 Å². The van der Waals surface area contributed by atoms with E-state index in [0.717, 1.165) is 40.4 Å². The van der Waals surface area contributed by atoms with Crippen LogP contribution < -0.4 is 11.1 Å². The van der Waals surface area contributed by atoms with Crippen molar-refractivity contribution in [3.05, 3.63) is 40.7 Å². The van der Waals surface area contributed by atoms with Crippen molar-refractivity contribution in [2.45, 2.75) is 31.7 Å². The maximum atomic E-state index is 13.0. The first-order chi connectivity index (χ1) is 10.7. The van der Waals surface area contributed by atoms with Gasteiger partial charge in [-0.25, -0.2) is 9.37 Å². The highest BCUT2D eigenvalue weighted by Gasteiger charge is 2.26. The van der Waals surface area contributed by atoms with Crippen molar-refractivity contribution in [3.8, 4) is 10.6 Å². The molecule has 1 heterocycles. The molecule has 1 aliphatic carbocycles. The molecule has 3 rings (SSSR count). The predicted octanol–water partition coefficient (Wildman–Crippen LogP) is 3.21. The van der Waals surface area contributed by atoms with Crippen LogP contribution in [0, 0.1) is 5.82 Å². The molecule has 1 amide bonds. The summed E-state index contributed by atoms with van der Waals surface area (Å²) in [4.78, 5) is 17.6. The number of benzene rings is 1. The van der Waals surface area contributed by atoms with E-state index in [2.05, 4.69) is 10.3 Å². The number of halogens is 2. The minimum Gasteiger partial charge on any atom is -0.348 e. The van der Waals surface area contributed by atoms with Gasteiger partial charge < -0.3 is 11.1 Å². The van der Waals surface area contributed by atoms with E-state index in [1.54, 1.807) is 23.5 Å². The Morgan fingerprint density at radius 3 is 2.83 bits per heavy atom. The number of nitrogens with two attached hydrogens (primary N) is 1. The van der Waals surface area contributed by atoms with E-state index >= 15 is 0 Å². The molecule has 23 heavy (non-hydrogen) atoms. The van der Waals surface area contributed by atoms with Crippen LogP contribution in [0.1, 0.15) is 35.9 Å². The monoisotopic (exact) mass is 355 g/mol. The Morgan fingerprint density at radius 2 is 2.13 bits per heavy atom. The van der Waals surface area contributed by atoms with Crippen LogP contribution in [0.2, 0.25) is 0 Å². The number of aryl methyl sites for hydroxylation is 1. The van der Waals surface area contributed by atoms with Gasteiger partial charge in [-0.1, -0.05) is 0 Å². The lowest BCUT2D eigenvalue weighted by molar-refractivity contribution is -0.121. The Kier molecular flexibility index (Phi) is 6.10. The Bertz CT molecular complexity index is 674. The summed E-state index contributed by atoms with van der Waals surface area (Å²) in [5, 5.41) is 3.92. The van der Waals surface area contributed by atoms with Crippen LogP contribution >= 0.6 is 23.7 Å². The molecule has 1 unspecified atom stereocenters. The Balaban J connectivity index is 0.00000192. The Labute approximate surface area is 144 Å². The number of carbonyl (C=O) groups excluding carboxylic acids is 1. The Morgan fingerprint density at radius 1 is 1.39 bits per heavy atom. The average molecular weight is 356 g/mol. The summed E-state index contributed by atoms with van der Waals surface area (Å²) in [5.74, 6) is -0.269. The molecule has 0 saturated carbocycles. The van der Waals surface area contributed by atoms with Crippen molar-refractivity contribution in [1.82, 2.24) is 10.3 Å². The second-order valence-corrected chi connectivity index (χ2v) is 6.42. The first-order valence-electron chi connectivity index (χ1n) is 7.42. The van der Waals surface area contributed by atoms with Crippen molar-refractivity contribution >= 4 is 29.7 Å². The molecule has 0 spiro atoms. The molecule has 0 fully saturated rings. The molecule has 1 aromatic carbocycles. The van der Waals surface area contributed by atoms with Crippen LogP contribution in [0.3, 0.4) is 0 Å². The minimum absolute atomic E-state index is 0. The predicted molar refractivity (Wildman–Crippen MR) is 92.2 cm³/mol. The van der Waals surface area contributed by atoms with Gasteiger partial charge in [0, 0.05) is 18.5 Å². The van der Waals surface area contributed by atoms with Crippen LogP contribution in [0.15, 0.2) is 24.3 Å². The molecule has 2 aromatic rings.